The Hall–Kier alpha value is -15.5. The van der Waals surface area contributed by atoms with Crippen molar-refractivity contribution < 1.29 is 38.5 Å². The third kappa shape index (κ3) is 16.8. The van der Waals surface area contributed by atoms with E-state index in [9.17, 15) is 0 Å². The molecule has 0 N–H and O–H groups in total. The van der Waals surface area contributed by atoms with E-state index in [0.29, 0.717) is 87.7 Å². The zero-order chi connectivity index (χ0) is 106. The minimum Gasteiger partial charge on any atom is -0.435 e. The number of hydrogen-bond donors (Lipinski definition) is 0. The highest BCUT2D eigenvalue weighted by Crippen LogP contribution is 2.52. The van der Waals surface area contributed by atoms with Gasteiger partial charge in [-0.25, -0.2) is 59.8 Å². The Kier molecular flexibility index (Phi) is 23.5. The highest BCUT2D eigenvalue weighted by molar-refractivity contribution is 6.14. The molecule has 696 valence electrons. The largest absolute Gasteiger partial charge is 0.435 e. The predicted molar refractivity (Wildman–Crippen MR) is 559 cm³/mol. The predicted octanol–water partition coefficient (Wildman–Crippen LogP) is 27.4. The zero-order valence-corrected chi connectivity index (χ0v) is 80.4. The molecule has 0 saturated carbocycles. The normalized spacial score (nSPS) is 15.3. The first-order chi connectivity index (χ1) is 71.0. The fraction of sp³-hybridized carbons (Fsp3) is 0.284. The number of rotatable bonds is 8. The quantitative estimate of drug-likeness (QED) is 0.137. The molecular formula is C109H120N22O5. The van der Waals surface area contributed by atoms with Crippen LogP contribution in [0.1, 0.15) is 155 Å². The molecule has 0 fully saturated rings. The lowest BCUT2D eigenvalue weighted by Gasteiger charge is -2.25. The number of aromatic nitrogens is 12. The van der Waals surface area contributed by atoms with Crippen LogP contribution in [0, 0.1) is 34.6 Å². The molecule has 0 spiro atoms. The highest BCUT2D eigenvalue weighted by atomic mass is 16.4. The number of benzene rings is 5. The molecule has 5 aliphatic heterocycles. The molecule has 15 aromatic heterocycles. The van der Waals surface area contributed by atoms with Gasteiger partial charge in [0.25, 0.3) is 0 Å². The van der Waals surface area contributed by atoms with Gasteiger partial charge in [-0.3, -0.25) is 0 Å². The van der Waals surface area contributed by atoms with Crippen LogP contribution in [0.25, 0.3) is 110 Å². The number of furan rings is 5. The van der Waals surface area contributed by atoms with Gasteiger partial charge in [0.1, 0.15) is 0 Å². The van der Waals surface area contributed by atoms with Gasteiger partial charge in [-0.2, -0.15) is 0 Å². The van der Waals surface area contributed by atoms with Crippen LogP contribution >= 0.6 is 0 Å². The molecule has 1 atom stereocenters. The van der Waals surface area contributed by atoms with Crippen LogP contribution in [0.3, 0.4) is 0 Å². The summed E-state index contributed by atoms with van der Waals surface area (Å²) in [6.07, 6.45) is 20.0. The topological polar surface area (TPSA) is 253 Å². The van der Waals surface area contributed by atoms with Crippen molar-refractivity contribution in [3.05, 3.63) is 260 Å². The molecular weight excluding hydrogens is 1700 g/mol. The smallest absolute Gasteiger partial charge is 0.227 e. The lowest BCUT2D eigenvalue weighted by molar-refractivity contribution is 0.650. The van der Waals surface area contributed by atoms with Crippen LogP contribution in [0.4, 0.5) is 86.2 Å². The minimum atomic E-state index is -2.51. The summed E-state index contributed by atoms with van der Waals surface area (Å²) in [5, 5.41) is 9.67. The van der Waals surface area contributed by atoms with Gasteiger partial charge in [0.2, 0.25) is 28.6 Å². The van der Waals surface area contributed by atoms with Gasteiger partial charge >= 0.3 is 0 Å². The summed E-state index contributed by atoms with van der Waals surface area (Å²) in [6, 6.07) is 47.7. The van der Waals surface area contributed by atoms with Crippen LogP contribution < -0.4 is 49.0 Å². The second kappa shape index (κ2) is 40.5. The lowest BCUT2D eigenvalue weighted by atomic mass is 10.1. The monoisotopic (exact) mass is 1830 g/mol. The highest BCUT2D eigenvalue weighted by Gasteiger charge is 2.39. The minimum absolute atomic E-state index is 0.111. The Labute approximate surface area is 810 Å². The van der Waals surface area contributed by atoms with Gasteiger partial charge in [0, 0.05) is 173 Å². The maximum atomic E-state index is 8.63. The Bertz CT molecular complexity index is 7470. The Morgan fingerprint density at radius 3 is 0.809 bits per heavy atom. The molecule has 0 bridgehead atoms. The van der Waals surface area contributed by atoms with Crippen LogP contribution in [0.5, 0.6) is 0 Å². The second-order valence-corrected chi connectivity index (χ2v) is 31.7. The molecule has 20 heterocycles. The van der Waals surface area contributed by atoms with E-state index in [4.69, 9.17) is 38.5 Å². The number of pyridine rings is 8. The average Bonchev–Trinajstić information content (AvgIpc) is 1.63. The van der Waals surface area contributed by atoms with E-state index in [2.05, 4.69) is 108 Å². The average molecular weight is 1830 g/mol. The number of aryl methyl sites for hydroxylation is 5. The molecule has 27 nitrogen and oxygen atoms in total. The van der Waals surface area contributed by atoms with Crippen molar-refractivity contribution in [1.29, 1.82) is 0 Å². The van der Waals surface area contributed by atoms with E-state index in [1.54, 1.807) is 68.2 Å². The van der Waals surface area contributed by atoms with Gasteiger partial charge in [0.05, 0.1) is 83.0 Å². The number of hydrogen-bond acceptors (Lipinski definition) is 27. The van der Waals surface area contributed by atoms with Crippen LogP contribution in [0.2, 0.25) is 0 Å². The van der Waals surface area contributed by atoms with Crippen LogP contribution in [0.15, 0.2) is 254 Å². The first-order valence-electron chi connectivity index (χ1n) is 52.1. The van der Waals surface area contributed by atoms with Crippen molar-refractivity contribution in [1.82, 2.24) is 59.8 Å². The summed E-state index contributed by atoms with van der Waals surface area (Å²) in [5.41, 5.74) is 18.5. The lowest BCUT2D eigenvalue weighted by Crippen LogP contribution is -2.34. The zero-order valence-electron chi connectivity index (χ0n) is 92.4. The molecule has 5 aromatic carbocycles. The Morgan fingerprint density at radius 1 is 0.243 bits per heavy atom. The third-order valence-corrected chi connectivity index (χ3v) is 23.5. The van der Waals surface area contributed by atoms with Crippen molar-refractivity contribution in [2.45, 2.75) is 163 Å². The number of nitrogens with zero attached hydrogens (tertiary/aromatic N) is 22. The van der Waals surface area contributed by atoms with Gasteiger partial charge in [-0.15, -0.1) is 0 Å². The molecule has 136 heavy (non-hydrogen) atoms. The van der Waals surface area contributed by atoms with Crippen molar-refractivity contribution in [3.8, 4) is 0 Å². The summed E-state index contributed by atoms with van der Waals surface area (Å²) in [5.74, 6) is 4.02. The summed E-state index contributed by atoms with van der Waals surface area (Å²) >= 11 is 0. The van der Waals surface area contributed by atoms with E-state index in [0.717, 1.165) is 150 Å². The maximum Gasteiger partial charge on any atom is 0.227 e. The summed E-state index contributed by atoms with van der Waals surface area (Å²) < 4.78 is 127. The Balaban J connectivity index is 0.000000129. The molecule has 0 saturated heterocycles. The van der Waals surface area contributed by atoms with E-state index in [1.165, 1.54) is 27.8 Å². The molecule has 5 aliphatic rings. The van der Waals surface area contributed by atoms with Crippen molar-refractivity contribution in [2.75, 3.05) is 96.3 Å². The van der Waals surface area contributed by atoms with Crippen molar-refractivity contribution in [2.24, 2.45) is 0 Å². The molecule has 0 aliphatic carbocycles. The molecule has 0 radical (unpaired) electrons. The standard InChI is InChI=1S/2C21H20N4O.C20H19N5O.C19H16N4O.C18H15N5O.5C2H6/c2*1-13(2)24-12-25(17-7-5-10-22-20(17)24)18-14(3)8-9-15-16-6-4-11-23-21(16)26-19(15)18;1-12(2)24-11-25(19-18(24)21-9-10-22-19)16-13(3)6-7-14-15-5-4-8-23-20(15)26-17(14)16;1-12-7-8-13-14-5-3-10-21-19(14)24-17(13)16(12)23-11-22(2)18-15(23)6-4-9-20-18;1-11-5-6-12-13-4-3-7-21-18(13)24-15(12)14(11)23-10-22(2)16-17(23)20-9-8-19-16;5*1-2/h2*4-11,13H,12H2,1-3H3;4-10,12H,11H2,1-3H3;3-10H,11H2,1-2H3;3-9H,10H2,1-2H3;5*1-2H3/i1D3,13D;13D;12D;2*2D3;;;;;. The fourth-order valence-corrected chi connectivity index (χ4v) is 17.6. The van der Waals surface area contributed by atoms with Gasteiger partial charge in [0.15, 0.2) is 68.6 Å². The second-order valence-electron chi connectivity index (χ2n) is 31.7. The molecule has 25 rings (SSSR count). The Morgan fingerprint density at radius 2 is 0.478 bits per heavy atom. The summed E-state index contributed by atoms with van der Waals surface area (Å²) in [7, 11) is 0. The van der Waals surface area contributed by atoms with E-state index < -0.39 is 38.9 Å². The third-order valence-electron chi connectivity index (χ3n) is 23.5. The van der Waals surface area contributed by atoms with Crippen molar-refractivity contribution in [3.63, 3.8) is 0 Å². The molecule has 1 unspecified atom stereocenters. The molecule has 0 amide bonds. The van der Waals surface area contributed by atoms with E-state index in [1.807, 2.05) is 276 Å². The number of anilines is 15. The summed E-state index contributed by atoms with van der Waals surface area (Å²) in [4.78, 5) is 70.8. The first kappa shape index (κ1) is 79.1. The first-order valence-corrected chi connectivity index (χ1v) is 46.1. The SMILES string of the molecule is CC.CC.CC.CC.CC.[2H]C(C)(C)N1CN(c2c(C)ccc3c2oc2ncccc23)c2cccnc21.[2H]C(C)(C)N1CN(c2c(C)ccc3c2oc2ncccc23)c2nccnc21.[2H]C([2H])([2H])C([2H])(C)N1CN(c2c(C)ccc3c2oc2ncccc23)c2cccnc21.[2H]C([2H])([2H])N1CN(c2c(C)ccc3c2oc2ncccc23)c2cccnc21.[2H]C([2H])([2H])N1CN(c2c(C)ccc3c2oc2ncccc23)c2nccnc21. The number of fused-ring (bicyclic) bond motifs is 20. The molecule has 27 heteroatoms. The van der Waals surface area contributed by atoms with E-state index in [-0.39, 0.29) is 20.0 Å². The van der Waals surface area contributed by atoms with Crippen LogP contribution in [-0.2, 0) is 0 Å². The van der Waals surface area contributed by atoms with Crippen LogP contribution in [-0.4, -0.2) is 125 Å². The molecule has 20 aromatic rings. The van der Waals surface area contributed by atoms with Gasteiger partial charge in [-0.05, 0) is 201 Å². The van der Waals surface area contributed by atoms with Gasteiger partial charge < -0.3 is 71.1 Å². The fourth-order valence-electron chi connectivity index (χ4n) is 17.6. The summed E-state index contributed by atoms with van der Waals surface area (Å²) in [6.45, 7) is 33.3. The maximum absolute atomic E-state index is 8.63. The van der Waals surface area contributed by atoms with E-state index >= 15 is 0 Å². The van der Waals surface area contributed by atoms with Gasteiger partial charge in [-0.1, -0.05) is 130 Å². The van der Waals surface area contributed by atoms with Crippen molar-refractivity contribution >= 4 is 197 Å².